The first-order valence-electron chi connectivity index (χ1n) is 9.00. The van der Waals surface area contributed by atoms with Crippen LogP contribution in [0.15, 0.2) is 24.3 Å². The number of piperidine rings is 1. The van der Waals surface area contributed by atoms with Gasteiger partial charge in [0.15, 0.2) is 0 Å². The predicted molar refractivity (Wildman–Crippen MR) is 98.7 cm³/mol. The molecule has 2 atom stereocenters. The highest BCUT2D eigenvalue weighted by Gasteiger charge is 2.29. The fraction of sp³-hybridized carbons (Fsp3) is 0.579. The number of amides is 2. The van der Waals surface area contributed by atoms with Crippen molar-refractivity contribution < 1.29 is 14.3 Å². The van der Waals surface area contributed by atoms with E-state index in [2.05, 4.69) is 17.6 Å². The third-order valence-electron chi connectivity index (χ3n) is 4.49. The van der Waals surface area contributed by atoms with Crippen molar-refractivity contribution in [3.05, 3.63) is 24.3 Å². The van der Waals surface area contributed by atoms with Crippen molar-refractivity contribution in [1.82, 2.24) is 10.2 Å². The van der Waals surface area contributed by atoms with Crippen LogP contribution >= 0.6 is 0 Å². The van der Waals surface area contributed by atoms with Crippen molar-refractivity contribution in [2.75, 3.05) is 32.1 Å². The van der Waals surface area contributed by atoms with E-state index in [0.29, 0.717) is 24.0 Å². The van der Waals surface area contributed by atoms with Crippen LogP contribution in [0.4, 0.5) is 5.69 Å². The van der Waals surface area contributed by atoms with Crippen LogP contribution in [0.5, 0.6) is 5.75 Å². The minimum Gasteiger partial charge on any atom is -0.495 e. The lowest BCUT2D eigenvalue weighted by Gasteiger charge is -2.31. The van der Waals surface area contributed by atoms with Gasteiger partial charge in [-0.1, -0.05) is 19.1 Å². The van der Waals surface area contributed by atoms with E-state index in [4.69, 9.17) is 4.74 Å². The summed E-state index contributed by atoms with van der Waals surface area (Å²) < 4.78 is 5.25. The second-order valence-corrected chi connectivity index (χ2v) is 6.58. The molecule has 1 aliphatic heterocycles. The zero-order valence-electron chi connectivity index (χ0n) is 15.4. The van der Waals surface area contributed by atoms with Crippen LogP contribution < -0.4 is 15.4 Å². The van der Waals surface area contributed by atoms with E-state index in [1.807, 2.05) is 19.1 Å². The fourth-order valence-corrected chi connectivity index (χ4v) is 3.26. The summed E-state index contributed by atoms with van der Waals surface area (Å²) in [6.45, 7) is 5.63. The lowest BCUT2D eigenvalue weighted by Crippen LogP contribution is -2.46. The summed E-state index contributed by atoms with van der Waals surface area (Å²) in [5, 5.41) is 6.21. The van der Waals surface area contributed by atoms with Crippen LogP contribution in [-0.4, -0.2) is 49.5 Å². The SMILES string of the molecule is CCCN(CC(=O)Nc1ccccc1OC)C(=O)[C@H]1CCN[C@@H](C)C1. The fourth-order valence-electron chi connectivity index (χ4n) is 3.26. The topological polar surface area (TPSA) is 70.7 Å². The van der Waals surface area contributed by atoms with Crippen molar-refractivity contribution in [2.24, 2.45) is 5.92 Å². The summed E-state index contributed by atoms with van der Waals surface area (Å²) in [5.41, 5.74) is 0.620. The molecule has 1 aromatic carbocycles. The van der Waals surface area contributed by atoms with Gasteiger partial charge in [-0.15, -0.1) is 0 Å². The molecular weight excluding hydrogens is 318 g/mol. The molecule has 0 spiro atoms. The molecule has 1 fully saturated rings. The molecule has 1 aromatic rings. The van der Waals surface area contributed by atoms with Crippen LogP contribution in [0.3, 0.4) is 0 Å². The van der Waals surface area contributed by atoms with E-state index >= 15 is 0 Å². The number of carbonyl (C=O) groups is 2. The Morgan fingerprint density at radius 2 is 2.12 bits per heavy atom. The summed E-state index contributed by atoms with van der Waals surface area (Å²) in [4.78, 5) is 27.0. The summed E-state index contributed by atoms with van der Waals surface area (Å²) in [6.07, 6.45) is 2.49. The number of anilines is 1. The van der Waals surface area contributed by atoms with E-state index in [1.165, 1.54) is 0 Å². The van der Waals surface area contributed by atoms with Gasteiger partial charge in [0.2, 0.25) is 11.8 Å². The first-order chi connectivity index (χ1) is 12.0. The largest absolute Gasteiger partial charge is 0.495 e. The minimum atomic E-state index is -0.201. The highest BCUT2D eigenvalue weighted by Crippen LogP contribution is 2.23. The zero-order valence-corrected chi connectivity index (χ0v) is 15.4. The normalized spacial score (nSPS) is 20.0. The van der Waals surface area contributed by atoms with Gasteiger partial charge in [-0.3, -0.25) is 9.59 Å². The van der Waals surface area contributed by atoms with Gasteiger partial charge in [0, 0.05) is 18.5 Å². The standard InChI is InChI=1S/C19H29N3O3/c1-4-11-22(19(24)15-9-10-20-14(2)12-15)13-18(23)21-16-7-5-6-8-17(16)25-3/h5-8,14-15,20H,4,9-13H2,1-3H3,(H,21,23)/t14-,15-/m0/s1. The van der Waals surface area contributed by atoms with E-state index in [9.17, 15) is 9.59 Å². The van der Waals surface area contributed by atoms with Crippen molar-refractivity contribution in [2.45, 2.75) is 39.2 Å². The Hall–Kier alpha value is -2.08. The van der Waals surface area contributed by atoms with Crippen molar-refractivity contribution in [3.63, 3.8) is 0 Å². The molecule has 1 saturated heterocycles. The van der Waals surface area contributed by atoms with Crippen molar-refractivity contribution in [1.29, 1.82) is 0 Å². The van der Waals surface area contributed by atoms with E-state index in [1.54, 1.807) is 24.1 Å². The molecule has 6 heteroatoms. The third kappa shape index (κ3) is 5.46. The molecule has 0 saturated carbocycles. The number of rotatable bonds is 7. The van der Waals surface area contributed by atoms with Gasteiger partial charge in [-0.2, -0.15) is 0 Å². The Morgan fingerprint density at radius 1 is 1.36 bits per heavy atom. The lowest BCUT2D eigenvalue weighted by molar-refractivity contribution is -0.139. The molecule has 25 heavy (non-hydrogen) atoms. The number of para-hydroxylation sites is 2. The Bertz CT molecular complexity index is 591. The first kappa shape index (κ1) is 19.2. The summed E-state index contributed by atoms with van der Waals surface area (Å²) >= 11 is 0. The Kier molecular flexibility index (Phi) is 7.25. The molecule has 0 aromatic heterocycles. The van der Waals surface area contributed by atoms with Gasteiger partial charge in [0.25, 0.3) is 0 Å². The molecule has 2 amide bonds. The maximum Gasteiger partial charge on any atom is 0.244 e. The van der Waals surface area contributed by atoms with E-state index in [0.717, 1.165) is 25.8 Å². The molecule has 1 aliphatic rings. The van der Waals surface area contributed by atoms with Gasteiger partial charge in [0.05, 0.1) is 19.3 Å². The predicted octanol–water partition coefficient (Wildman–Crippen LogP) is 2.26. The van der Waals surface area contributed by atoms with Gasteiger partial charge in [0.1, 0.15) is 5.75 Å². The van der Waals surface area contributed by atoms with Crippen molar-refractivity contribution in [3.8, 4) is 5.75 Å². The molecule has 0 unspecified atom stereocenters. The number of hydrogen-bond acceptors (Lipinski definition) is 4. The van der Waals surface area contributed by atoms with Crippen LogP contribution in [0.1, 0.15) is 33.1 Å². The second-order valence-electron chi connectivity index (χ2n) is 6.58. The van der Waals surface area contributed by atoms with Gasteiger partial charge < -0.3 is 20.3 Å². The summed E-state index contributed by atoms with van der Waals surface area (Å²) in [6, 6.07) is 7.61. The smallest absolute Gasteiger partial charge is 0.244 e. The second kappa shape index (κ2) is 9.42. The quantitative estimate of drug-likeness (QED) is 0.794. The van der Waals surface area contributed by atoms with Crippen molar-refractivity contribution >= 4 is 17.5 Å². The van der Waals surface area contributed by atoms with Crippen LogP contribution in [0.2, 0.25) is 0 Å². The Balaban J connectivity index is 2.00. The number of nitrogens with one attached hydrogen (secondary N) is 2. The maximum atomic E-state index is 12.8. The van der Waals surface area contributed by atoms with E-state index in [-0.39, 0.29) is 24.3 Å². The van der Waals surface area contributed by atoms with Crippen LogP contribution in [0, 0.1) is 5.92 Å². The molecule has 2 rings (SSSR count). The molecule has 6 nitrogen and oxygen atoms in total. The highest BCUT2D eigenvalue weighted by atomic mass is 16.5. The molecule has 0 aliphatic carbocycles. The van der Waals surface area contributed by atoms with E-state index < -0.39 is 0 Å². The summed E-state index contributed by atoms with van der Waals surface area (Å²) in [7, 11) is 1.57. The molecule has 138 valence electrons. The van der Waals surface area contributed by atoms with Crippen LogP contribution in [0.25, 0.3) is 0 Å². The number of carbonyl (C=O) groups excluding carboxylic acids is 2. The zero-order chi connectivity index (χ0) is 18.2. The molecule has 1 heterocycles. The summed E-state index contributed by atoms with van der Waals surface area (Å²) in [5.74, 6) is 0.497. The minimum absolute atomic E-state index is 0.00172. The number of ether oxygens (including phenoxy) is 1. The number of nitrogens with zero attached hydrogens (tertiary/aromatic N) is 1. The monoisotopic (exact) mass is 347 g/mol. The van der Waals surface area contributed by atoms with Gasteiger partial charge in [-0.25, -0.2) is 0 Å². The van der Waals surface area contributed by atoms with Gasteiger partial charge in [-0.05, 0) is 44.9 Å². The highest BCUT2D eigenvalue weighted by molar-refractivity contribution is 5.96. The molecular formula is C19H29N3O3. The molecule has 2 N–H and O–H groups in total. The number of methoxy groups -OCH3 is 1. The Labute approximate surface area is 149 Å². The first-order valence-corrected chi connectivity index (χ1v) is 9.00. The third-order valence-corrected chi connectivity index (χ3v) is 4.49. The average Bonchev–Trinajstić information content (AvgIpc) is 2.61. The van der Waals surface area contributed by atoms with Crippen LogP contribution in [-0.2, 0) is 9.59 Å². The average molecular weight is 347 g/mol. The van der Waals surface area contributed by atoms with Gasteiger partial charge >= 0.3 is 0 Å². The molecule has 0 bridgehead atoms. The lowest BCUT2D eigenvalue weighted by atomic mass is 9.92. The number of benzene rings is 1. The number of hydrogen-bond donors (Lipinski definition) is 2. The Morgan fingerprint density at radius 3 is 2.80 bits per heavy atom. The maximum absolute atomic E-state index is 12.8. The molecule has 0 radical (unpaired) electrons.